The zero-order valence-corrected chi connectivity index (χ0v) is 10.9. The maximum atomic E-state index is 4.31. The van der Waals surface area contributed by atoms with Crippen LogP contribution in [0.25, 0.3) is 0 Å². The Hall–Kier alpha value is -0.410. The molecule has 1 saturated heterocycles. The molecule has 1 fully saturated rings. The molecule has 0 amide bonds. The second kappa shape index (κ2) is 4.84. The van der Waals surface area contributed by atoms with Gasteiger partial charge in [-0.25, -0.2) is 0 Å². The first-order valence-corrected chi connectivity index (χ1v) is 6.55. The third kappa shape index (κ3) is 2.83. The summed E-state index contributed by atoms with van der Waals surface area (Å²) < 4.78 is 0. The standard InChI is InChI=1S/C13H25N3/c1-13(2,3)16-10-8-15(9-11-16)12-4-6-14-7-5-12/h6,12H,4-5,7-11H2,1-3H3. The zero-order valence-electron chi connectivity index (χ0n) is 10.9. The maximum Gasteiger partial charge on any atom is 0.0400 e. The van der Waals surface area contributed by atoms with E-state index in [1.54, 1.807) is 0 Å². The lowest BCUT2D eigenvalue weighted by molar-refractivity contribution is 0.0415. The number of aliphatic imine (C=N–C) groups is 1. The van der Waals surface area contributed by atoms with Crippen molar-refractivity contribution < 1.29 is 0 Å². The van der Waals surface area contributed by atoms with E-state index < -0.39 is 0 Å². The Bertz CT molecular complexity index is 246. The van der Waals surface area contributed by atoms with Crippen LogP contribution in [0.3, 0.4) is 0 Å². The molecule has 0 radical (unpaired) electrons. The van der Waals surface area contributed by atoms with Gasteiger partial charge in [0.1, 0.15) is 0 Å². The molecule has 2 heterocycles. The van der Waals surface area contributed by atoms with Crippen molar-refractivity contribution in [3.63, 3.8) is 0 Å². The van der Waals surface area contributed by atoms with Gasteiger partial charge in [-0.2, -0.15) is 0 Å². The van der Waals surface area contributed by atoms with Gasteiger partial charge in [0.2, 0.25) is 0 Å². The van der Waals surface area contributed by atoms with Gasteiger partial charge in [0.15, 0.2) is 0 Å². The van der Waals surface area contributed by atoms with Crippen LogP contribution in [0.15, 0.2) is 4.99 Å². The van der Waals surface area contributed by atoms with E-state index in [-0.39, 0.29) is 0 Å². The van der Waals surface area contributed by atoms with E-state index in [2.05, 4.69) is 41.8 Å². The first-order chi connectivity index (χ1) is 7.57. The maximum absolute atomic E-state index is 4.31. The Morgan fingerprint density at radius 2 is 1.81 bits per heavy atom. The van der Waals surface area contributed by atoms with Crippen LogP contribution >= 0.6 is 0 Å². The molecule has 0 aromatic heterocycles. The summed E-state index contributed by atoms with van der Waals surface area (Å²) in [6.45, 7) is 12.9. The van der Waals surface area contributed by atoms with E-state index >= 15 is 0 Å². The zero-order chi connectivity index (χ0) is 11.6. The predicted molar refractivity (Wildman–Crippen MR) is 69.3 cm³/mol. The number of hydrogen-bond donors (Lipinski definition) is 0. The molecule has 2 rings (SSSR count). The minimum absolute atomic E-state index is 0.333. The lowest BCUT2D eigenvalue weighted by Gasteiger charge is -2.44. The highest BCUT2D eigenvalue weighted by Crippen LogP contribution is 2.19. The summed E-state index contributed by atoms with van der Waals surface area (Å²) in [5.41, 5.74) is 0.333. The number of piperazine rings is 1. The summed E-state index contributed by atoms with van der Waals surface area (Å²) in [5, 5.41) is 0. The number of nitrogens with zero attached hydrogens (tertiary/aromatic N) is 3. The number of rotatable bonds is 1. The summed E-state index contributed by atoms with van der Waals surface area (Å²) in [6.07, 6.45) is 4.53. The molecule has 92 valence electrons. The first-order valence-electron chi connectivity index (χ1n) is 6.55. The van der Waals surface area contributed by atoms with Gasteiger partial charge in [-0.1, -0.05) is 0 Å². The highest BCUT2D eigenvalue weighted by Gasteiger charge is 2.28. The van der Waals surface area contributed by atoms with Crippen molar-refractivity contribution in [3.8, 4) is 0 Å². The fourth-order valence-corrected chi connectivity index (χ4v) is 2.72. The normalized spacial score (nSPS) is 29.6. The Morgan fingerprint density at radius 1 is 1.12 bits per heavy atom. The molecule has 0 bridgehead atoms. The van der Waals surface area contributed by atoms with Crippen LogP contribution < -0.4 is 0 Å². The molecule has 0 spiro atoms. The molecule has 3 nitrogen and oxygen atoms in total. The van der Waals surface area contributed by atoms with Gasteiger partial charge in [-0.05, 0) is 33.6 Å². The highest BCUT2D eigenvalue weighted by atomic mass is 15.3. The minimum atomic E-state index is 0.333. The Labute approximate surface area is 99.5 Å². The molecule has 0 aliphatic carbocycles. The largest absolute Gasteiger partial charge is 0.297 e. The van der Waals surface area contributed by atoms with Crippen LogP contribution in [0.1, 0.15) is 33.6 Å². The lowest BCUT2D eigenvalue weighted by atomic mass is 10.0. The average molecular weight is 223 g/mol. The molecule has 0 saturated carbocycles. The minimum Gasteiger partial charge on any atom is -0.297 e. The van der Waals surface area contributed by atoms with Gasteiger partial charge in [-0.3, -0.25) is 14.8 Å². The van der Waals surface area contributed by atoms with Crippen LogP contribution in [0, 0.1) is 0 Å². The molecule has 2 aliphatic rings. The highest BCUT2D eigenvalue weighted by molar-refractivity contribution is 5.59. The van der Waals surface area contributed by atoms with Crippen molar-refractivity contribution in [2.45, 2.75) is 45.2 Å². The quantitative estimate of drug-likeness (QED) is 0.673. The van der Waals surface area contributed by atoms with Crippen molar-refractivity contribution in [1.82, 2.24) is 9.80 Å². The van der Waals surface area contributed by atoms with Gasteiger partial charge < -0.3 is 0 Å². The Balaban J connectivity index is 1.83. The van der Waals surface area contributed by atoms with Gasteiger partial charge in [0, 0.05) is 50.5 Å². The van der Waals surface area contributed by atoms with Crippen molar-refractivity contribution in [2.75, 3.05) is 32.7 Å². The van der Waals surface area contributed by atoms with Crippen molar-refractivity contribution in [1.29, 1.82) is 0 Å². The molecule has 0 N–H and O–H groups in total. The second-order valence-corrected chi connectivity index (χ2v) is 5.96. The Kier molecular flexibility index (Phi) is 3.65. The van der Waals surface area contributed by atoms with Crippen LogP contribution in [-0.2, 0) is 0 Å². The van der Waals surface area contributed by atoms with Crippen molar-refractivity contribution in [2.24, 2.45) is 4.99 Å². The third-order valence-electron chi connectivity index (χ3n) is 3.88. The van der Waals surface area contributed by atoms with Gasteiger partial charge in [-0.15, -0.1) is 0 Å². The third-order valence-corrected chi connectivity index (χ3v) is 3.88. The van der Waals surface area contributed by atoms with E-state index in [0.717, 1.165) is 19.0 Å². The van der Waals surface area contributed by atoms with E-state index in [9.17, 15) is 0 Å². The summed E-state index contributed by atoms with van der Waals surface area (Å²) >= 11 is 0. The fourth-order valence-electron chi connectivity index (χ4n) is 2.72. The first kappa shape index (κ1) is 12.1. The van der Waals surface area contributed by atoms with Gasteiger partial charge in [0.25, 0.3) is 0 Å². The molecular weight excluding hydrogens is 198 g/mol. The molecule has 2 aliphatic heterocycles. The van der Waals surface area contributed by atoms with E-state index in [0.29, 0.717) is 5.54 Å². The summed E-state index contributed by atoms with van der Waals surface area (Å²) in [7, 11) is 0. The van der Waals surface area contributed by atoms with Gasteiger partial charge >= 0.3 is 0 Å². The topological polar surface area (TPSA) is 18.8 Å². The van der Waals surface area contributed by atoms with E-state index in [1.807, 2.05) is 0 Å². The fraction of sp³-hybridized carbons (Fsp3) is 0.923. The summed E-state index contributed by atoms with van der Waals surface area (Å²) in [5.74, 6) is 0. The summed E-state index contributed by atoms with van der Waals surface area (Å²) in [6, 6.07) is 0.764. The molecule has 1 unspecified atom stereocenters. The molecule has 1 atom stereocenters. The molecule has 0 aromatic rings. The molecular formula is C13H25N3. The Morgan fingerprint density at radius 3 is 2.31 bits per heavy atom. The van der Waals surface area contributed by atoms with Crippen molar-refractivity contribution in [3.05, 3.63) is 0 Å². The predicted octanol–water partition coefficient (Wildman–Crippen LogP) is 1.64. The van der Waals surface area contributed by atoms with Crippen LogP contribution in [0.4, 0.5) is 0 Å². The van der Waals surface area contributed by atoms with Crippen LogP contribution in [0.2, 0.25) is 0 Å². The molecule has 3 heteroatoms. The average Bonchev–Trinajstić information content (AvgIpc) is 2.29. The lowest BCUT2D eigenvalue weighted by Crippen LogP contribution is -2.55. The van der Waals surface area contributed by atoms with Gasteiger partial charge in [0.05, 0.1) is 0 Å². The monoisotopic (exact) mass is 223 g/mol. The molecule has 0 aromatic carbocycles. The van der Waals surface area contributed by atoms with Crippen molar-refractivity contribution >= 4 is 6.21 Å². The number of hydrogen-bond acceptors (Lipinski definition) is 3. The van der Waals surface area contributed by atoms with E-state index in [1.165, 1.54) is 32.6 Å². The van der Waals surface area contributed by atoms with Crippen LogP contribution in [0.5, 0.6) is 0 Å². The molecule has 16 heavy (non-hydrogen) atoms. The second-order valence-electron chi connectivity index (χ2n) is 5.96. The smallest absolute Gasteiger partial charge is 0.0400 e. The SMILES string of the molecule is CC(C)(C)N1CCN(C2CC=NCC2)CC1. The van der Waals surface area contributed by atoms with Crippen LogP contribution in [-0.4, -0.2) is 60.3 Å². The summed E-state index contributed by atoms with van der Waals surface area (Å²) in [4.78, 5) is 9.57. The van der Waals surface area contributed by atoms with E-state index in [4.69, 9.17) is 0 Å².